The van der Waals surface area contributed by atoms with Gasteiger partial charge < -0.3 is 10.6 Å². The number of hydrogen-bond donors (Lipinski definition) is 2. The van der Waals surface area contributed by atoms with Crippen LogP contribution in [0.25, 0.3) is 0 Å². The maximum Gasteiger partial charge on any atom is 0.314 e. The number of anilines is 2. The van der Waals surface area contributed by atoms with Crippen LogP contribution < -0.4 is 10.6 Å². The molecule has 0 unspecified atom stereocenters. The fraction of sp³-hybridized carbons (Fsp3) is 0.318. The molecule has 0 atom stereocenters. The van der Waals surface area contributed by atoms with Crippen molar-refractivity contribution >= 4 is 29.0 Å². The third-order valence-electron chi connectivity index (χ3n) is 4.34. The number of nitrogens with one attached hydrogen (secondary N) is 2. The predicted molar refractivity (Wildman–Crippen MR) is 108 cm³/mol. The monoisotopic (exact) mass is 366 g/mol. The van der Waals surface area contributed by atoms with Crippen LogP contribution in [0.1, 0.15) is 67.9 Å². The summed E-state index contributed by atoms with van der Waals surface area (Å²) in [5, 5.41) is 5.33. The molecule has 0 aliphatic rings. The van der Waals surface area contributed by atoms with E-state index < -0.39 is 11.8 Å². The van der Waals surface area contributed by atoms with Crippen molar-refractivity contribution in [1.29, 1.82) is 0 Å². The van der Waals surface area contributed by atoms with Gasteiger partial charge in [-0.1, -0.05) is 58.0 Å². The Bertz CT molecular complexity index is 843. The van der Waals surface area contributed by atoms with E-state index >= 15 is 0 Å². The lowest BCUT2D eigenvalue weighted by Crippen LogP contribution is -2.30. The molecule has 0 aliphatic heterocycles. The summed E-state index contributed by atoms with van der Waals surface area (Å²) in [5.74, 6) is -1.21. The number of ketones is 1. The maximum absolute atomic E-state index is 12.5. The SMILES string of the molecule is CC(=O)c1cccc(NC(=O)C(=O)Nc2c(C(C)C)cccc2C(C)C)c1. The average molecular weight is 366 g/mol. The number of carbonyl (C=O) groups excluding carboxylic acids is 3. The lowest BCUT2D eigenvalue weighted by Gasteiger charge is -2.20. The van der Waals surface area contributed by atoms with Crippen molar-refractivity contribution in [3.63, 3.8) is 0 Å². The molecule has 2 aromatic carbocycles. The van der Waals surface area contributed by atoms with Gasteiger partial charge in [-0.15, -0.1) is 0 Å². The fourth-order valence-electron chi connectivity index (χ4n) is 2.87. The highest BCUT2D eigenvalue weighted by Crippen LogP contribution is 2.32. The average Bonchev–Trinajstić information content (AvgIpc) is 2.61. The Morgan fingerprint density at radius 1 is 0.778 bits per heavy atom. The van der Waals surface area contributed by atoms with Crippen LogP contribution in [0.15, 0.2) is 42.5 Å². The van der Waals surface area contributed by atoms with Gasteiger partial charge in [0, 0.05) is 16.9 Å². The Hall–Kier alpha value is -2.95. The highest BCUT2D eigenvalue weighted by atomic mass is 16.2. The Balaban J connectivity index is 2.23. The molecule has 5 nitrogen and oxygen atoms in total. The van der Waals surface area contributed by atoms with E-state index in [-0.39, 0.29) is 17.6 Å². The Morgan fingerprint density at radius 3 is 1.81 bits per heavy atom. The molecule has 0 aromatic heterocycles. The van der Waals surface area contributed by atoms with E-state index in [9.17, 15) is 14.4 Å². The van der Waals surface area contributed by atoms with Crippen LogP contribution in [-0.2, 0) is 9.59 Å². The van der Waals surface area contributed by atoms with Gasteiger partial charge >= 0.3 is 11.8 Å². The molecular formula is C22H26N2O3. The molecule has 0 fully saturated rings. The molecule has 5 heteroatoms. The van der Waals surface area contributed by atoms with Gasteiger partial charge in [-0.2, -0.15) is 0 Å². The van der Waals surface area contributed by atoms with Gasteiger partial charge in [0.1, 0.15) is 0 Å². The van der Waals surface area contributed by atoms with E-state index in [1.165, 1.54) is 6.92 Å². The quantitative estimate of drug-likeness (QED) is 0.594. The summed E-state index contributed by atoms with van der Waals surface area (Å²) >= 11 is 0. The highest BCUT2D eigenvalue weighted by Gasteiger charge is 2.20. The van der Waals surface area contributed by atoms with Crippen LogP contribution in [-0.4, -0.2) is 17.6 Å². The fourth-order valence-corrected chi connectivity index (χ4v) is 2.87. The van der Waals surface area contributed by atoms with Gasteiger partial charge in [0.2, 0.25) is 0 Å². The molecule has 0 bridgehead atoms. The third kappa shape index (κ3) is 5.03. The zero-order chi connectivity index (χ0) is 20.1. The molecule has 2 aromatic rings. The molecule has 0 saturated carbocycles. The summed E-state index contributed by atoms with van der Waals surface area (Å²) < 4.78 is 0. The number of rotatable bonds is 5. The molecule has 27 heavy (non-hydrogen) atoms. The second-order valence-electron chi connectivity index (χ2n) is 7.17. The number of benzene rings is 2. The van der Waals surface area contributed by atoms with Crippen molar-refractivity contribution in [2.24, 2.45) is 0 Å². The Kier molecular flexibility index (Phi) is 6.50. The Labute approximate surface area is 160 Å². The second-order valence-corrected chi connectivity index (χ2v) is 7.17. The van der Waals surface area contributed by atoms with Crippen LogP contribution >= 0.6 is 0 Å². The summed E-state index contributed by atoms with van der Waals surface area (Å²) in [6.45, 7) is 9.62. The summed E-state index contributed by atoms with van der Waals surface area (Å²) in [4.78, 5) is 36.3. The third-order valence-corrected chi connectivity index (χ3v) is 4.34. The van der Waals surface area contributed by atoms with E-state index in [4.69, 9.17) is 0 Å². The van der Waals surface area contributed by atoms with E-state index in [1.807, 2.05) is 45.9 Å². The minimum absolute atomic E-state index is 0.108. The first-order valence-electron chi connectivity index (χ1n) is 9.06. The largest absolute Gasteiger partial charge is 0.318 e. The van der Waals surface area contributed by atoms with Crippen molar-refractivity contribution in [2.75, 3.05) is 10.6 Å². The number of hydrogen-bond acceptors (Lipinski definition) is 3. The van der Waals surface area contributed by atoms with Crippen molar-refractivity contribution in [2.45, 2.75) is 46.5 Å². The lowest BCUT2D eigenvalue weighted by atomic mass is 9.92. The summed E-state index contributed by atoms with van der Waals surface area (Å²) in [6.07, 6.45) is 0. The molecule has 2 rings (SSSR count). The number of carbonyl (C=O) groups is 3. The molecule has 2 N–H and O–H groups in total. The molecular weight excluding hydrogens is 340 g/mol. The molecule has 0 aliphatic carbocycles. The first-order valence-corrected chi connectivity index (χ1v) is 9.06. The first kappa shape index (κ1) is 20.4. The van der Waals surface area contributed by atoms with E-state index in [0.717, 1.165) is 11.1 Å². The normalized spacial score (nSPS) is 10.8. The van der Waals surface area contributed by atoms with E-state index in [1.54, 1.807) is 24.3 Å². The standard InChI is InChI=1S/C22H26N2O3/c1-13(2)18-10-7-11-19(14(3)4)20(18)24-22(27)21(26)23-17-9-6-8-16(12-17)15(5)25/h6-14H,1-5H3,(H,23,26)(H,24,27). The van der Waals surface area contributed by atoms with Crippen molar-refractivity contribution in [3.05, 3.63) is 59.2 Å². The van der Waals surface area contributed by atoms with Crippen molar-refractivity contribution in [1.82, 2.24) is 0 Å². The van der Waals surface area contributed by atoms with Crippen LogP contribution in [0.2, 0.25) is 0 Å². The number of amides is 2. The van der Waals surface area contributed by atoms with E-state index in [0.29, 0.717) is 16.9 Å². The van der Waals surface area contributed by atoms with Crippen LogP contribution in [0.5, 0.6) is 0 Å². The zero-order valence-electron chi connectivity index (χ0n) is 16.4. The van der Waals surface area contributed by atoms with E-state index in [2.05, 4.69) is 10.6 Å². The lowest BCUT2D eigenvalue weighted by molar-refractivity contribution is -0.133. The number of Topliss-reactive ketones (excluding diaryl/α,β-unsaturated/α-hetero) is 1. The highest BCUT2D eigenvalue weighted by molar-refractivity contribution is 6.43. The molecule has 0 heterocycles. The van der Waals surface area contributed by atoms with Gasteiger partial charge in [0.05, 0.1) is 0 Å². The Morgan fingerprint density at radius 2 is 1.30 bits per heavy atom. The van der Waals surface area contributed by atoms with Gasteiger partial charge in [-0.3, -0.25) is 14.4 Å². The molecule has 2 amide bonds. The summed E-state index contributed by atoms with van der Waals surface area (Å²) in [7, 11) is 0. The molecule has 0 spiro atoms. The van der Waals surface area contributed by atoms with Crippen molar-refractivity contribution < 1.29 is 14.4 Å². The minimum atomic E-state index is -0.774. The van der Waals surface area contributed by atoms with Crippen LogP contribution in [0.3, 0.4) is 0 Å². The van der Waals surface area contributed by atoms with Crippen molar-refractivity contribution in [3.8, 4) is 0 Å². The van der Waals surface area contributed by atoms with Gasteiger partial charge in [-0.25, -0.2) is 0 Å². The second kappa shape index (κ2) is 8.62. The number of para-hydroxylation sites is 1. The zero-order valence-corrected chi connectivity index (χ0v) is 16.4. The summed E-state index contributed by atoms with van der Waals surface area (Å²) in [5.41, 5.74) is 3.55. The maximum atomic E-state index is 12.5. The molecule has 0 radical (unpaired) electrons. The minimum Gasteiger partial charge on any atom is -0.318 e. The first-order chi connectivity index (χ1) is 12.7. The van der Waals surface area contributed by atoms with Crippen LogP contribution in [0, 0.1) is 0 Å². The molecule has 142 valence electrons. The molecule has 0 saturated heterocycles. The summed E-state index contributed by atoms with van der Waals surface area (Å²) in [6, 6.07) is 12.4. The van der Waals surface area contributed by atoms with Gasteiger partial charge in [-0.05, 0) is 42.0 Å². The smallest absolute Gasteiger partial charge is 0.314 e. The predicted octanol–water partition coefficient (Wildman–Crippen LogP) is 4.71. The van der Waals surface area contributed by atoms with Crippen LogP contribution in [0.4, 0.5) is 11.4 Å². The van der Waals surface area contributed by atoms with Gasteiger partial charge in [0.15, 0.2) is 5.78 Å². The van der Waals surface area contributed by atoms with Gasteiger partial charge in [0.25, 0.3) is 0 Å². The topological polar surface area (TPSA) is 75.3 Å².